The Labute approximate surface area is 178 Å². The van der Waals surface area contributed by atoms with Crippen molar-refractivity contribution in [2.75, 3.05) is 25.0 Å². The second-order valence-electron chi connectivity index (χ2n) is 6.95. The molecular formula is C20H23BrFN3O3S. The number of sulfonamides is 1. The van der Waals surface area contributed by atoms with E-state index in [0.29, 0.717) is 34.9 Å². The number of benzene rings is 2. The molecule has 2 N–H and O–H groups in total. The quantitative estimate of drug-likeness (QED) is 0.645. The Hall–Kier alpha value is -1.97. The molecule has 0 atom stereocenters. The lowest BCUT2D eigenvalue weighted by Gasteiger charge is -2.31. The summed E-state index contributed by atoms with van der Waals surface area (Å²) in [5.74, 6) is -0.177. The van der Waals surface area contributed by atoms with Gasteiger partial charge in [-0.25, -0.2) is 17.6 Å². The van der Waals surface area contributed by atoms with Gasteiger partial charge in [-0.3, -0.25) is 0 Å². The number of hydrogen-bond donors (Lipinski definition) is 2. The monoisotopic (exact) mass is 483 g/mol. The second-order valence-corrected chi connectivity index (χ2v) is 9.81. The maximum absolute atomic E-state index is 13.8. The van der Waals surface area contributed by atoms with Crippen LogP contribution in [0, 0.1) is 11.7 Å². The standard InChI is InChI=1S/C20H23BrFN3O3S/c21-16-6-7-19(18(22)14-16)24-20(26)23-11-8-15-9-12-25(13-10-15)29(27,28)17-4-2-1-3-5-17/h1-7,14-15H,8-13H2,(H2,23,24,26). The van der Waals surface area contributed by atoms with E-state index in [-0.39, 0.29) is 5.69 Å². The summed E-state index contributed by atoms with van der Waals surface area (Å²) in [5.41, 5.74) is 0.116. The first-order valence-electron chi connectivity index (χ1n) is 9.41. The first kappa shape index (κ1) is 21.7. The Balaban J connectivity index is 1.41. The SMILES string of the molecule is O=C(NCCC1CCN(S(=O)(=O)c2ccccc2)CC1)Nc1ccc(Br)cc1F. The van der Waals surface area contributed by atoms with Crippen LogP contribution in [0.5, 0.6) is 0 Å². The predicted octanol–water partition coefficient (Wildman–Crippen LogP) is 4.20. The summed E-state index contributed by atoms with van der Waals surface area (Å²) in [6.45, 7) is 1.39. The fraction of sp³-hybridized carbons (Fsp3) is 0.350. The second kappa shape index (κ2) is 9.69. The lowest BCUT2D eigenvalue weighted by molar-refractivity contribution is 0.245. The highest BCUT2D eigenvalue weighted by Gasteiger charge is 2.29. The first-order valence-corrected chi connectivity index (χ1v) is 11.6. The zero-order valence-corrected chi connectivity index (χ0v) is 18.2. The molecule has 1 aliphatic rings. The Kier molecular flexibility index (Phi) is 7.26. The molecule has 1 heterocycles. The third-order valence-corrected chi connectivity index (χ3v) is 7.38. The lowest BCUT2D eigenvalue weighted by atomic mass is 9.95. The Bertz CT molecular complexity index is 949. The Morgan fingerprint density at radius 2 is 1.83 bits per heavy atom. The number of piperidine rings is 1. The van der Waals surface area contributed by atoms with Crippen LogP contribution in [0.3, 0.4) is 0 Å². The highest BCUT2D eigenvalue weighted by molar-refractivity contribution is 9.10. The number of halogens is 2. The lowest BCUT2D eigenvalue weighted by Crippen LogP contribution is -2.39. The van der Waals surface area contributed by atoms with Gasteiger partial charge in [0.05, 0.1) is 10.6 Å². The van der Waals surface area contributed by atoms with Gasteiger partial charge in [0.2, 0.25) is 10.0 Å². The van der Waals surface area contributed by atoms with Crippen molar-refractivity contribution in [1.82, 2.24) is 9.62 Å². The van der Waals surface area contributed by atoms with Crippen LogP contribution in [-0.2, 0) is 10.0 Å². The van der Waals surface area contributed by atoms with Crippen molar-refractivity contribution in [3.8, 4) is 0 Å². The zero-order valence-electron chi connectivity index (χ0n) is 15.8. The number of carbonyl (C=O) groups is 1. The third-order valence-electron chi connectivity index (χ3n) is 4.97. The molecule has 0 unspecified atom stereocenters. The zero-order chi connectivity index (χ0) is 20.9. The molecule has 0 saturated carbocycles. The number of hydrogen-bond acceptors (Lipinski definition) is 3. The van der Waals surface area contributed by atoms with Gasteiger partial charge in [-0.1, -0.05) is 34.1 Å². The van der Waals surface area contributed by atoms with E-state index in [4.69, 9.17) is 0 Å². The molecule has 1 saturated heterocycles. The van der Waals surface area contributed by atoms with Crippen LogP contribution in [0.4, 0.5) is 14.9 Å². The molecule has 6 nitrogen and oxygen atoms in total. The number of nitrogens with zero attached hydrogens (tertiary/aromatic N) is 1. The van der Waals surface area contributed by atoms with Crippen LogP contribution in [-0.4, -0.2) is 38.4 Å². The van der Waals surface area contributed by atoms with Crippen molar-refractivity contribution >= 4 is 37.7 Å². The van der Waals surface area contributed by atoms with Gasteiger partial charge in [-0.2, -0.15) is 4.31 Å². The number of anilines is 1. The average molecular weight is 484 g/mol. The van der Waals surface area contributed by atoms with E-state index in [1.807, 2.05) is 0 Å². The van der Waals surface area contributed by atoms with Crippen LogP contribution >= 0.6 is 15.9 Å². The average Bonchev–Trinajstić information content (AvgIpc) is 2.71. The van der Waals surface area contributed by atoms with Crippen LogP contribution in [0.1, 0.15) is 19.3 Å². The predicted molar refractivity (Wildman–Crippen MR) is 114 cm³/mol. The van der Waals surface area contributed by atoms with Crippen molar-refractivity contribution < 1.29 is 17.6 Å². The van der Waals surface area contributed by atoms with Gasteiger partial charge in [-0.15, -0.1) is 0 Å². The van der Waals surface area contributed by atoms with Crippen LogP contribution < -0.4 is 10.6 Å². The summed E-state index contributed by atoms with van der Waals surface area (Å²) in [4.78, 5) is 12.3. The fourth-order valence-electron chi connectivity index (χ4n) is 3.33. The van der Waals surface area contributed by atoms with Crippen LogP contribution in [0.2, 0.25) is 0 Å². The summed E-state index contributed by atoms with van der Waals surface area (Å²) in [7, 11) is -3.45. The van der Waals surface area contributed by atoms with E-state index in [0.717, 1.165) is 19.3 Å². The van der Waals surface area contributed by atoms with E-state index in [2.05, 4.69) is 26.6 Å². The number of amides is 2. The topological polar surface area (TPSA) is 78.5 Å². The molecule has 2 amide bonds. The van der Waals surface area contributed by atoms with E-state index in [1.165, 1.54) is 16.4 Å². The highest BCUT2D eigenvalue weighted by atomic mass is 79.9. The van der Waals surface area contributed by atoms with Crippen molar-refractivity contribution in [3.63, 3.8) is 0 Å². The van der Waals surface area contributed by atoms with Crippen LogP contribution in [0.25, 0.3) is 0 Å². The van der Waals surface area contributed by atoms with E-state index >= 15 is 0 Å². The van der Waals surface area contributed by atoms with Crippen LogP contribution in [0.15, 0.2) is 57.9 Å². The molecule has 156 valence electrons. The minimum absolute atomic E-state index is 0.116. The van der Waals surface area contributed by atoms with E-state index in [9.17, 15) is 17.6 Å². The van der Waals surface area contributed by atoms with Gasteiger partial charge in [0.15, 0.2) is 0 Å². The van der Waals surface area contributed by atoms with Gasteiger partial charge in [0, 0.05) is 24.1 Å². The van der Waals surface area contributed by atoms with E-state index in [1.54, 1.807) is 36.4 Å². The number of nitrogens with one attached hydrogen (secondary N) is 2. The van der Waals surface area contributed by atoms with Gasteiger partial charge < -0.3 is 10.6 Å². The summed E-state index contributed by atoms with van der Waals surface area (Å²) < 4.78 is 41.2. The molecule has 0 radical (unpaired) electrons. The van der Waals surface area contributed by atoms with Gasteiger partial charge >= 0.3 is 6.03 Å². The molecule has 0 spiro atoms. The highest BCUT2D eigenvalue weighted by Crippen LogP contribution is 2.25. The Morgan fingerprint density at radius 3 is 2.48 bits per heavy atom. The molecule has 0 bridgehead atoms. The molecule has 2 aromatic rings. The van der Waals surface area contributed by atoms with Crippen molar-refractivity contribution in [2.24, 2.45) is 5.92 Å². The molecule has 0 aromatic heterocycles. The molecule has 1 aliphatic heterocycles. The van der Waals surface area contributed by atoms with Crippen molar-refractivity contribution in [1.29, 1.82) is 0 Å². The minimum Gasteiger partial charge on any atom is -0.338 e. The summed E-state index contributed by atoms with van der Waals surface area (Å²) >= 11 is 3.17. The molecule has 3 rings (SSSR count). The Morgan fingerprint density at radius 1 is 1.14 bits per heavy atom. The van der Waals surface area contributed by atoms with Gasteiger partial charge in [0.1, 0.15) is 5.82 Å². The molecule has 2 aromatic carbocycles. The molecular weight excluding hydrogens is 461 g/mol. The smallest absolute Gasteiger partial charge is 0.319 e. The number of urea groups is 1. The molecule has 1 fully saturated rings. The number of rotatable bonds is 6. The maximum atomic E-state index is 13.8. The fourth-order valence-corrected chi connectivity index (χ4v) is 5.15. The largest absolute Gasteiger partial charge is 0.338 e. The van der Waals surface area contributed by atoms with Gasteiger partial charge in [0.25, 0.3) is 0 Å². The van der Waals surface area contributed by atoms with Crippen molar-refractivity contribution in [3.05, 3.63) is 58.8 Å². The first-order chi connectivity index (χ1) is 13.9. The van der Waals surface area contributed by atoms with Crippen molar-refractivity contribution in [2.45, 2.75) is 24.2 Å². The third kappa shape index (κ3) is 5.77. The summed E-state index contributed by atoms with van der Waals surface area (Å²) in [5, 5.41) is 5.21. The molecule has 29 heavy (non-hydrogen) atoms. The molecule has 0 aliphatic carbocycles. The summed E-state index contributed by atoms with van der Waals surface area (Å²) in [6.07, 6.45) is 2.24. The summed E-state index contributed by atoms with van der Waals surface area (Å²) in [6, 6.07) is 12.4. The maximum Gasteiger partial charge on any atom is 0.319 e. The number of carbonyl (C=O) groups excluding carboxylic acids is 1. The van der Waals surface area contributed by atoms with E-state index < -0.39 is 21.9 Å². The van der Waals surface area contributed by atoms with Gasteiger partial charge in [-0.05, 0) is 55.5 Å². The molecule has 9 heteroatoms. The minimum atomic E-state index is -3.45. The normalized spacial score (nSPS) is 15.8.